The summed E-state index contributed by atoms with van der Waals surface area (Å²) in [6.07, 6.45) is 3.10. The summed E-state index contributed by atoms with van der Waals surface area (Å²) < 4.78 is 0. The topological polar surface area (TPSA) is 47.6 Å². The van der Waals surface area contributed by atoms with Crippen molar-refractivity contribution in [3.05, 3.63) is 54.1 Å². The van der Waals surface area contributed by atoms with Crippen LogP contribution in [0.2, 0.25) is 0 Å². The molecule has 0 atom stereocenters. The molecule has 1 saturated heterocycles. The summed E-state index contributed by atoms with van der Waals surface area (Å²) in [5, 5.41) is 6.10. The lowest BCUT2D eigenvalue weighted by Crippen LogP contribution is -2.47. The van der Waals surface area contributed by atoms with Gasteiger partial charge in [-0.25, -0.2) is 4.79 Å². The monoisotopic (exact) mass is 378 g/mol. The van der Waals surface area contributed by atoms with Crippen LogP contribution in [0.25, 0.3) is 0 Å². The van der Waals surface area contributed by atoms with E-state index in [2.05, 4.69) is 70.7 Å². The van der Waals surface area contributed by atoms with E-state index in [0.29, 0.717) is 6.04 Å². The maximum Gasteiger partial charge on any atom is 0.319 e. The van der Waals surface area contributed by atoms with Crippen LogP contribution in [-0.2, 0) is 6.42 Å². The average Bonchev–Trinajstić information content (AvgIpc) is 3.13. The fourth-order valence-electron chi connectivity index (χ4n) is 4.24. The predicted octanol–water partition coefficient (Wildman–Crippen LogP) is 4.38. The van der Waals surface area contributed by atoms with Crippen molar-refractivity contribution < 1.29 is 4.79 Å². The summed E-state index contributed by atoms with van der Waals surface area (Å²) in [7, 11) is 0. The molecule has 4 rings (SSSR count). The van der Waals surface area contributed by atoms with Gasteiger partial charge in [-0.2, -0.15) is 0 Å². The summed E-state index contributed by atoms with van der Waals surface area (Å²) in [6.45, 7) is 7.56. The molecule has 5 heteroatoms. The number of nitrogens with one attached hydrogen (secondary N) is 2. The summed E-state index contributed by atoms with van der Waals surface area (Å²) in [4.78, 5) is 17.2. The van der Waals surface area contributed by atoms with Crippen LogP contribution in [-0.4, -0.2) is 42.6 Å². The normalized spacial score (nSPS) is 17.6. The lowest BCUT2D eigenvalue weighted by Gasteiger charge is -2.34. The number of urea groups is 1. The molecule has 2 aromatic carbocycles. The van der Waals surface area contributed by atoms with Gasteiger partial charge in [0.25, 0.3) is 0 Å². The average molecular weight is 379 g/mol. The first-order valence-corrected chi connectivity index (χ1v) is 10.4. The molecule has 0 bridgehead atoms. The first-order valence-electron chi connectivity index (χ1n) is 10.4. The quantitative estimate of drug-likeness (QED) is 0.830. The van der Waals surface area contributed by atoms with Gasteiger partial charge >= 0.3 is 6.03 Å². The number of carbonyl (C=O) groups is 1. The Morgan fingerprint density at radius 1 is 1.00 bits per heavy atom. The molecule has 0 aliphatic carbocycles. The Hall–Kier alpha value is -2.53. The predicted molar refractivity (Wildman–Crippen MR) is 115 cm³/mol. The molecule has 0 unspecified atom stereocenters. The van der Waals surface area contributed by atoms with E-state index in [1.54, 1.807) is 0 Å². The first kappa shape index (κ1) is 18.8. The van der Waals surface area contributed by atoms with E-state index in [9.17, 15) is 4.79 Å². The number of rotatable bonds is 4. The third-order valence-corrected chi connectivity index (χ3v) is 5.92. The molecule has 0 saturated carbocycles. The van der Waals surface area contributed by atoms with Crippen molar-refractivity contribution in [3.63, 3.8) is 0 Å². The lowest BCUT2D eigenvalue weighted by atomic mass is 10.0. The summed E-state index contributed by atoms with van der Waals surface area (Å²) in [6, 6.07) is 17.4. The smallest absolute Gasteiger partial charge is 0.319 e. The number of para-hydroxylation sites is 1. The SMILES string of the molecule is CC(C)N1CCC(NC(=O)Nc2ccc(N3CCc4ccccc43)cc2)CC1. The maximum absolute atomic E-state index is 12.4. The third-order valence-electron chi connectivity index (χ3n) is 5.92. The molecule has 2 aromatic rings. The molecular weight excluding hydrogens is 348 g/mol. The van der Waals surface area contributed by atoms with Crippen molar-refractivity contribution in [2.24, 2.45) is 0 Å². The summed E-state index contributed by atoms with van der Waals surface area (Å²) >= 11 is 0. The van der Waals surface area contributed by atoms with Gasteiger partial charge in [0.05, 0.1) is 0 Å². The van der Waals surface area contributed by atoms with Crippen molar-refractivity contribution >= 4 is 23.1 Å². The van der Waals surface area contributed by atoms with Crippen molar-refractivity contribution in [2.75, 3.05) is 29.9 Å². The van der Waals surface area contributed by atoms with Gasteiger partial charge in [0.1, 0.15) is 0 Å². The van der Waals surface area contributed by atoms with Gasteiger partial charge in [-0.05, 0) is 69.0 Å². The Morgan fingerprint density at radius 3 is 2.43 bits per heavy atom. The zero-order valence-corrected chi connectivity index (χ0v) is 16.8. The molecule has 2 N–H and O–H groups in total. The maximum atomic E-state index is 12.4. The van der Waals surface area contributed by atoms with E-state index >= 15 is 0 Å². The molecule has 148 valence electrons. The highest BCUT2D eigenvalue weighted by molar-refractivity contribution is 5.89. The Morgan fingerprint density at radius 2 is 1.71 bits per heavy atom. The van der Waals surface area contributed by atoms with Crippen LogP contribution < -0.4 is 15.5 Å². The van der Waals surface area contributed by atoms with Crippen LogP contribution in [0.4, 0.5) is 21.9 Å². The van der Waals surface area contributed by atoms with Crippen LogP contribution in [0.15, 0.2) is 48.5 Å². The highest BCUT2D eigenvalue weighted by Gasteiger charge is 2.22. The minimum atomic E-state index is -0.109. The Labute approximate surface area is 167 Å². The Bertz CT molecular complexity index is 810. The Balaban J connectivity index is 1.31. The van der Waals surface area contributed by atoms with E-state index in [-0.39, 0.29) is 12.1 Å². The second kappa shape index (κ2) is 8.23. The second-order valence-corrected chi connectivity index (χ2v) is 8.08. The van der Waals surface area contributed by atoms with E-state index in [0.717, 1.165) is 50.3 Å². The molecule has 2 amide bonds. The van der Waals surface area contributed by atoms with E-state index in [4.69, 9.17) is 0 Å². The zero-order chi connectivity index (χ0) is 19.5. The number of benzene rings is 2. The number of carbonyl (C=O) groups excluding carboxylic acids is 1. The Kier molecular flexibility index (Phi) is 5.53. The van der Waals surface area contributed by atoms with E-state index in [1.807, 2.05) is 12.1 Å². The fraction of sp³-hybridized carbons (Fsp3) is 0.435. The minimum Gasteiger partial charge on any atom is -0.341 e. The van der Waals surface area contributed by atoms with E-state index in [1.165, 1.54) is 11.3 Å². The van der Waals surface area contributed by atoms with Gasteiger partial charge in [-0.1, -0.05) is 18.2 Å². The van der Waals surface area contributed by atoms with Crippen molar-refractivity contribution in [3.8, 4) is 0 Å². The lowest BCUT2D eigenvalue weighted by molar-refractivity contribution is 0.163. The van der Waals surface area contributed by atoms with Gasteiger partial charge in [-0.3, -0.25) is 0 Å². The molecule has 0 radical (unpaired) electrons. The zero-order valence-electron chi connectivity index (χ0n) is 16.8. The van der Waals surface area contributed by atoms with Crippen molar-refractivity contribution in [2.45, 2.75) is 45.2 Å². The molecular formula is C23H30N4O. The number of amides is 2. The molecule has 1 fully saturated rings. The molecule has 0 aromatic heterocycles. The molecule has 5 nitrogen and oxygen atoms in total. The van der Waals surface area contributed by atoms with Crippen molar-refractivity contribution in [1.29, 1.82) is 0 Å². The minimum absolute atomic E-state index is 0.109. The number of nitrogens with zero attached hydrogens (tertiary/aromatic N) is 2. The van der Waals surface area contributed by atoms with Crippen LogP contribution in [0.5, 0.6) is 0 Å². The first-order chi connectivity index (χ1) is 13.6. The van der Waals surface area contributed by atoms with Crippen LogP contribution >= 0.6 is 0 Å². The van der Waals surface area contributed by atoms with Gasteiger partial charge in [-0.15, -0.1) is 0 Å². The highest BCUT2D eigenvalue weighted by Crippen LogP contribution is 2.34. The molecule has 0 spiro atoms. The molecule has 2 aliphatic rings. The van der Waals surface area contributed by atoms with Crippen molar-refractivity contribution in [1.82, 2.24) is 10.2 Å². The van der Waals surface area contributed by atoms with Gasteiger partial charge in [0.2, 0.25) is 0 Å². The highest BCUT2D eigenvalue weighted by atomic mass is 16.2. The number of likely N-dealkylation sites (tertiary alicyclic amines) is 1. The van der Waals surface area contributed by atoms with Gasteiger partial charge in [0.15, 0.2) is 0 Å². The van der Waals surface area contributed by atoms with Crippen LogP contribution in [0.1, 0.15) is 32.3 Å². The number of hydrogen-bond donors (Lipinski definition) is 2. The second-order valence-electron chi connectivity index (χ2n) is 8.08. The molecule has 28 heavy (non-hydrogen) atoms. The summed E-state index contributed by atoms with van der Waals surface area (Å²) in [5.41, 5.74) is 4.67. The van der Waals surface area contributed by atoms with Gasteiger partial charge < -0.3 is 20.4 Å². The largest absolute Gasteiger partial charge is 0.341 e. The summed E-state index contributed by atoms with van der Waals surface area (Å²) in [5.74, 6) is 0. The number of anilines is 3. The van der Waals surface area contributed by atoms with Gasteiger partial charge in [0, 0.05) is 48.8 Å². The third kappa shape index (κ3) is 4.14. The number of hydrogen-bond acceptors (Lipinski definition) is 3. The standard InChI is InChI=1S/C23H30N4O/c1-17(2)26-14-12-20(13-15-26)25-23(28)24-19-7-9-21(10-8-19)27-16-11-18-5-3-4-6-22(18)27/h3-10,17,20H,11-16H2,1-2H3,(H2,24,25,28). The number of fused-ring (bicyclic) bond motifs is 1. The fourth-order valence-corrected chi connectivity index (χ4v) is 4.24. The van der Waals surface area contributed by atoms with E-state index < -0.39 is 0 Å². The molecule has 2 heterocycles. The molecule has 2 aliphatic heterocycles. The van der Waals surface area contributed by atoms with Crippen LogP contribution in [0.3, 0.4) is 0 Å². The number of piperidine rings is 1. The van der Waals surface area contributed by atoms with Crippen LogP contribution in [0, 0.1) is 0 Å².